The first-order chi connectivity index (χ1) is 13.4. The van der Waals surface area contributed by atoms with Crippen LogP contribution in [0.2, 0.25) is 0 Å². The van der Waals surface area contributed by atoms with E-state index in [1.54, 1.807) is 36.4 Å². The van der Waals surface area contributed by atoms with Crippen LogP contribution < -0.4 is 10.6 Å². The number of carboxylic acid groups (broad SMARTS) is 2. The van der Waals surface area contributed by atoms with Gasteiger partial charge in [-0.3, -0.25) is 9.59 Å². The van der Waals surface area contributed by atoms with Gasteiger partial charge < -0.3 is 20.8 Å². The van der Waals surface area contributed by atoms with Crippen molar-refractivity contribution in [2.45, 2.75) is 10.7 Å². The Morgan fingerprint density at radius 2 is 0.964 bits per heavy atom. The van der Waals surface area contributed by atoms with Crippen molar-refractivity contribution in [2.24, 2.45) is 0 Å². The van der Waals surface area contributed by atoms with E-state index >= 15 is 0 Å². The van der Waals surface area contributed by atoms with Crippen molar-refractivity contribution in [1.29, 1.82) is 0 Å². The number of hydrogen-bond donors (Lipinski definition) is 4. The lowest BCUT2D eigenvalue weighted by Gasteiger charge is -2.17. The molecule has 146 valence electrons. The first kappa shape index (κ1) is 21.3. The zero-order valence-corrected chi connectivity index (χ0v) is 15.9. The number of nitrogens with one attached hydrogen (secondary N) is 2. The van der Waals surface area contributed by atoms with Crippen LogP contribution in [0.15, 0.2) is 60.7 Å². The maximum atomic E-state index is 12.1. The molecule has 2 aromatic carbocycles. The van der Waals surface area contributed by atoms with Crippen LogP contribution in [-0.2, 0) is 9.59 Å². The van der Waals surface area contributed by atoms with Crippen molar-refractivity contribution in [1.82, 2.24) is 10.6 Å². The zero-order chi connectivity index (χ0) is 20.5. The fraction of sp³-hybridized carbons (Fsp3) is 0.111. The molecule has 0 saturated heterocycles. The molecule has 0 aliphatic heterocycles. The molecule has 2 amide bonds. The van der Waals surface area contributed by atoms with Crippen molar-refractivity contribution >= 4 is 45.3 Å². The number of carboxylic acids is 2. The average Bonchev–Trinajstić information content (AvgIpc) is 2.70. The van der Waals surface area contributed by atoms with Gasteiger partial charge in [0, 0.05) is 11.1 Å². The Balaban J connectivity index is 1.99. The summed E-state index contributed by atoms with van der Waals surface area (Å²) in [5.74, 6) is -3.91. The largest absolute Gasteiger partial charge is 0.479 e. The van der Waals surface area contributed by atoms with Crippen LogP contribution in [-0.4, -0.2) is 44.7 Å². The van der Waals surface area contributed by atoms with Gasteiger partial charge in [-0.1, -0.05) is 58.0 Å². The highest BCUT2D eigenvalue weighted by molar-refractivity contribution is 8.77. The van der Waals surface area contributed by atoms with Crippen LogP contribution in [0.3, 0.4) is 0 Å². The Kier molecular flexibility index (Phi) is 7.90. The van der Waals surface area contributed by atoms with Gasteiger partial charge in [0.15, 0.2) is 10.7 Å². The second kappa shape index (κ2) is 10.4. The summed E-state index contributed by atoms with van der Waals surface area (Å²) in [5, 5.41) is 20.4. The third-order valence-corrected chi connectivity index (χ3v) is 5.92. The number of amides is 2. The molecular formula is C18H16N2O6S2. The van der Waals surface area contributed by atoms with Crippen molar-refractivity contribution in [3.05, 3.63) is 71.8 Å². The van der Waals surface area contributed by atoms with Crippen molar-refractivity contribution in [3.8, 4) is 0 Å². The van der Waals surface area contributed by atoms with Gasteiger partial charge >= 0.3 is 11.9 Å². The average molecular weight is 420 g/mol. The van der Waals surface area contributed by atoms with Gasteiger partial charge in [0.2, 0.25) is 0 Å². The number of carbonyl (C=O) groups excluding carboxylic acids is 2. The Morgan fingerprint density at radius 3 is 1.25 bits per heavy atom. The first-order valence-corrected chi connectivity index (χ1v) is 10.2. The Hall–Kier alpha value is -2.98. The summed E-state index contributed by atoms with van der Waals surface area (Å²) in [5.41, 5.74) is 0.540. The Bertz CT molecular complexity index is 776. The predicted molar refractivity (Wildman–Crippen MR) is 106 cm³/mol. The van der Waals surface area contributed by atoms with Crippen LogP contribution >= 0.6 is 21.6 Å². The summed E-state index contributed by atoms with van der Waals surface area (Å²) in [7, 11) is 1.23. The van der Waals surface area contributed by atoms with Gasteiger partial charge in [-0.15, -0.1) is 0 Å². The van der Waals surface area contributed by atoms with Gasteiger partial charge in [-0.2, -0.15) is 0 Å². The van der Waals surface area contributed by atoms with Crippen LogP contribution in [0.4, 0.5) is 0 Å². The molecule has 28 heavy (non-hydrogen) atoms. The number of benzene rings is 2. The maximum absolute atomic E-state index is 12.1. The van der Waals surface area contributed by atoms with Crippen LogP contribution in [0, 0.1) is 0 Å². The van der Waals surface area contributed by atoms with E-state index in [4.69, 9.17) is 0 Å². The van der Waals surface area contributed by atoms with Gasteiger partial charge in [-0.05, 0) is 24.3 Å². The highest BCUT2D eigenvalue weighted by atomic mass is 33.1. The Morgan fingerprint density at radius 1 is 0.643 bits per heavy atom. The van der Waals surface area contributed by atoms with Gasteiger partial charge in [0.25, 0.3) is 11.8 Å². The van der Waals surface area contributed by atoms with Crippen LogP contribution in [0.25, 0.3) is 0 Å². The van der Waals surface area contributed by atoms with E-state index in [0.717, 1.165) is 0 Å². The normalized spacial score (nSPS) is 12.4. The molecule has 2 atom stereocenters. The zero-order valence-electron chi connectivity index (χ0n) is 14.3. The second-order valence-electron chi connectivity index (χ2n) is 5.31. The molecule has 0 radical (unpaired) electrons. The van der Waals surface area contributed by atoms with E-state index in [1.807, 2.05) is 0 Å². The van der Waals surface area contributed by atoms with Gasteiger partial charge in [0.1, 0.15) is 0 Å². The SMILES string of the molecule is O=C(N[C@H](SS[C@H](NC(=O)c1ccccc1)C(=O)O)C(=O)O)c1ccccc1. The highest BCUT2D eigenvalue weighted by Crippen LogP contribution is 2.30. The summed E-state index contributed by atoms with van der Waals surface area (Å²) in [6, 6.07) is 16.0. The Labute approximate surface area is 168 Å². The first-order valence-electron chi connectivity index (χ1n) is 7.88. The van der Waals surface area contributed by atoms with Crippen LogP contribution in [0.5, 0.6) is 0 Å². The quantitative estimate of drug-likeness (QED) is 0.358. The van der Waals surface area contributed by atoms with Crippen molar-refractivity contribution in [2.75, 3.05) is 0 Å². The minimum atomic E-state index is -1.41. The molecule has 0 bridgehead atoms. The fourth-order valence-corrected chi connectivity index (χ4v) is 4.10. The molecule has 4 N–H and O–H groups in total. The third kappa shape index (κ3) is 6.32. The summed E-state index contributed by atoms with van der Waals surface area (Å²) in [6.07, 6.45) is 0. The lowest BCUT2D eigenvalue weighted by molar-refractivity contribution is -0.137. The molecule has 0 heterocycles. The van der Waals surface area contributed by atoms with Crippen molar-refractivity contribution < 1.29 is 29.4 Å². The number of hydrogen-bond acceptors (Lipinski definition) is 6. The molecule has 8 nitrogen and oxygen atoms in total. The third-order valence-electron chi connectivity index (χ3n) is 3.29. The topological polar surface area (TPSA) is 133 Å². The van der Waals surface area contributed by atoms with E-state index in [1.165, 1.54) is 24.3 Å². The predicted octanol–water partition coefficient (Wildman–Crippen LogP) is 2.05. The summed E-state index contributed by atoms with van der Waals surface area (Å²) >= 11 is 0. The molecule has 0 aliphatic rings. The number of aliphatic carboxylic acids is 2. The second-order valence-corrected chi connectivity index (χ2v) is 7.79. The molecule has 0 spiro atoms. The molecule has 2 rings (SSSR count). The van der Waals surface area contributed by atoms with Crippen LogP contribution in [0.1, 0.15) is 20.7 Å². The monoisotopic (exact) mass is 420 g/mol. The molecule has 10 heteroatoms. The van der Waals surface area contributed by atoms with E-state index in [2.05, 4.69) is 10.6 Å². The highest BCUT2D eigenvalue weighted by Gasteiger charge is 2.27. The summed E-state index contributed by atoms with van der Waals surface area (Å²) in [6.45, 7) is 0. The number of rotatable bonds is 9. The lowest BCUT2D eigenvalue weighted by atomic mass is 10.2. The van der Waals surface area contributed by atoms with E-state index in [9.17, 15) is 29.4 Å². The van der Waals surface area contributed by atoms with E-state index in [-0.39, 0.29) is 11.1 Å². The summed E-state index contributed by atoms with van der Waals surface area (Å²) in [4.78, 5) is 47.1. The lowest BCUT2D eigenvalue weighted by Crippen LogP contribution is -2.40. The van der Waals surface area contributed by atoms with Crippen molar-refractivity contribution in [3.63, 3.8) is 0 Å². The minimum Gasteiger partial charge on any atom is -0.479 e. The molecule has 0 fully saturated rings. The maximum Gasteiger partial charge on any atom is 0.337 e. The standard InChI is InChI=1S/C18H16N2O6S2/c21-13(11-7-3-1-4-8-11)19-15(17(23)24)27-28-16(18(25)26)20-14(22)12-9-5-2-6-10-12/h1-10,15-16H,(H,19,21)(H,20,22)(H,23,24)(H,25,26)/t15-,16+. The minimum absolute atomic E-state index is 0.270. The fourth-order valence-electron chi connectivity index (χ4n) is 1.95. The summed E-state index contributed by atoms with van der Waals surface area (Å²) < 4.78 is 0. The van der Waals surface area contributed by atoms with Gasteiger partial charge in [0.05, 0.1) is 0 Å². The molecule has 2 aromatic rings. The molecule has 0 aromatic heterocycles. The number of carbonyl (C=O) groups is 4. The van der Waals surface area contributed by atoms with E-state index < -0.39 is 34.5 Å². The van der Waals surface area contributed by atoms with E-state index in [0.29, 0.717) is 21.6 Å². The smallest absolute Gasteiger partial charge is 0.337 e. The van der Waals surface area contributed by atoms with Gasteiger partial charge in [-0.25, -0.2) is 9.59 Å². The molecule has 0 aliphatic carbocycles. The molecule has 0 unspecified atom stereocenters. The molecule has 0 saturated carbocycles. The molecular weight excluding hydrogens is 404 g/mol.